The molecular weight excluding hydrogens is 335 g/mol. The van der Waals surface area contributed by atoms with Crippen molar-refractivity contribution >= 4 is 52.1 Å². The van der Waals surface area contributed by atoms with Gasteiger partial charge in [0.25, 0.3) is 0 Å². The van der Waals surface area contributed by atoms with Crippen molar-refractivity contribution in [3.05, 3.63) is 23.0 Å². The maximum Gasteiger partial charge on any atom is 0.313 e. The van der Waals surface area contributed by atoms with Gasteiger partial charge in [0.2, 0.25) is 0 Å². The highest BCUT2D eigenvalue weighted by Gasteiger charge is 2.15. The zero-order chi connectivity index (χ0) is 15.4. The summed E-state index contributed by atoms with van der Waals surface area (Å²) in [5, 5.41) is 9.40. The number of benzene rings is 1. The molecule has 0 aliphatic heterocycles. The zero-order valence-electron chi connectivity index (χ0n) is 11.3. The Morgan fingerprint density at radius 3 is 2.95 bits per heavy atom. The van der Waals surface area contributed by atoms with E-state index in [4.69, 9.17) is 16.7 Å². The molecule has 1 aromatic carbocycles. The van der Waals surface area contributed by atoms with Crippen LogP contribution in [0.15, 0.2) is 17.3 Å². The number of hydrogen-bond acceptors (Lipinski definition) is 4. The van der Waals surface area contributed by atoms with E-state index in [1.165, 1.54) is 12.1 Å². The number of fused-ring (bicyclic) bond motifs is 1. The molecule has 8 heteroatoms. The molecule has 2 rings (SSSR count). The lowest BCUT2D eigenvalue weighted by Crippen LogP contribution is -2.04. The fourth-order valence-corrected chi connectivity index (χ4v) is 3.25. The molecule has 0 radical (unpaired) electrons. The third-order valence-corrected chi connectivity index (χ3v) is 4.76. The summed E-state index contributed by atoms with van der Waals surface area (Å²) in [5.41, 5.74) is 1.23. The van der Waals surface area contributed by atoms with Gasteiger partial charge in [-0.05, 0) is 24.5 Å². The van der Waals surface area contributed by atoms with Gasteiger partial charge in [-0.1, -0.05) is 23.4 Å². The number of nitrogens with zero attached hydrogens (tertiary/aromatic N) is 2. The minimum absolute atomic E-state index is 0.0195. The highest BCUT2D eigenvalue weighted by molar-refractivity contribution is 7.99. The minimum Gasteiger partial charge on any atom is -0.481 e. The van der Waals surface area contributed by atoms with Crippen molar-refractivity contribution in [1.82, 2.24) is 9.55 Å². The summed E-state index contributed by atoms with van der Waals surface area (Å²) in [7, 11) is 0. The number of thioether (sulfide) groups is 2. The molecule has 1 heterocycles. The first-order chi connectivity index (χ1) is 10.0. The second kappa shape index (κ2) is 7.38. The van der Waals surface area contributed by atoms with Crippen LogP contribution in [0.25, 0.3) is 11.0 Å². The van der Waals surface area contributed by atoms with E-state index in [0.29, 0.717) is 22.7 Å². The second-order valence-corrected chi connectivity index (χ2v) is 6.67. The first-order valence-electron chi connectivity index (χ1n) is 6.21. The average Bonchev–Trinajstić information content (AvgIpc) is 2.75. The summed E-state index contributed by atoms with van der Waals surface area (Å²) in [4.78, 5) is 15.1. The number of aryl methyl sites for hydroxylation is 1. The Hall–Kier alpha value is -0.920. The van der Waals surface area contributed by atoms with Gasteiger partial charge in [0.15, 0.2) is 5.16 Å². The van der Waals surface area contributed by atoms with E-state index >= 15 is 0 Å². The molecule has 4 nitrogen and oxygen atoms in total. The Kier molecular flexibility index (Phi) is 5.78. The monoisotopic (exact) mass is 348 g/mol. The highest BCUT2D eigenvalue weighted by Crippen LogP contribution is 2.28. The predicted octanol–water partition coefficient (Wildman–Crippen LogP) is 3.76. The maximum absolute atomic E-state index is 13.7. The Labute approximate surface area is 135 Å². The van der Waals surface area contributed by atoms with Gasteiger partial charge in [-0.15, -0.1) is 0 Å². The standard InChI is InChI=1S/C13H14ClFN2O2S2/c1-20-4-2-3-17-11-6-9(15)8(14)5-10(11)16-13(17)21-7-12(18)19/h5-6H,2-4,7H2,1H3,(H,18,19). The summed E-state index contributed by atoms with van der Waals surface area (Å²) in [6, 6.07) is 2.83. The van der Waals surface area contributed by atoms with Crippen LogP contribution < -0.4 is 0 Å². The predicted molar refractivity (Wildman–Crippen MR) is 86.1 cm³/mol. The van der Waals surface area contributed by atoms with Crippen molar-refractivity contribution < 1.29 is 14.3 Å². The molecule has 0 spiro atoms. The van der Waals surface area contributed by atoms with Crippen LogP contribution in [0, 0.1) is 5.82 Å². The Balaban J connectivity index is 2.39. The fourth-order valence-electron chi connectivity index (χ4n) is 1.92. The Morgan fingerprint density at radius 1 is 1.52 bits per heavy atom. The van der Waals surface area contributed by atoms with Crippen LogP contribution in [0.5, 0.6) is 0 Å². The lowest BCUT2D eigenvalue weighted by molar-refractivity contribution is -0.133. The molecule has 0 bridgehead atoms. The molecule has 0 aliphatic carbocycles. The van der Waals surface area contributed by atoms with E-state index in [1.807, 2.05) is 10.8 Å². The van der Waals surface area contributed by atoms with Gasteiger partial charge in [-0.2, -0.15) is 11.8 Å². The number of hydrogen-bond donors (Lipinski definition) is 1. The van der Waals surface area contributed by atoms with E-state index in [9.17, 15) is 9.18 Å². The normalized spacial score (nSPS) is 11.2. The number of carboxylic acids is 1. The van der Waals surface area contributed by atoms with Crippen molar-refractivity contribution in [3.8, 4) is 0 Å². The number of rotatable bonds is 7. The van der Waals surface area contributed by atoms with Crippen LogP contribution in [0.1, 0.15) is 6.42 Å². The molecule has 1 N–H and O–H groups in total. The van der Waals surface area contributed by atoms with Gasteiger partial charge in [-0.3, -0.25) is 4.79 Å². The number of carboxylic acid groups (broad SMARTS) is 1. The Morgan fingerprint density at radius 2 is 2.29 bits per heavy atom. The van der Waals surface area contributed by atoms with Gasteiger partial charge >= 0.3 is 5.97 Å². The minimum atomic E-state index is -0.910. The van der Waals surface area contributed by atoms with Gasteiger partial charge < -0.3 is 9.67 Å². The van der Waals surface area contributed by atoms with E-state index < -0.39 is 11.8 Å². The molecule has 0 saturated heterocycles. The summed E-state index contributed by atoms with van der Waals surface area (Å²) < 4.78 is 15.5. The molecule has 0 fully saturated rings. The van der Waals surface area contributed by atoms with Crippen molar-refractivity contribution in [2.24, 2.45) is 0 Å². The summed E-state index contributed by atoms with van der Waals surface area (Å²) >= 11 is 8.63. The maximum atomic E-state index is 13.7. The number of carbonyl (C=O) groups is 1. The Bertz CT molecular complexity index is 663. The van der Waals surface area contributed by atoms with Crippen LogP contribution in [-0.4, -0.2) is 38.4 Å². The summed E-state index contributed by atoms with van der Waals surface area (Å²) in [6.45, 7) is 0.667. The largest absolute Gasteiger partial charge is 0.481 e. The fraction of sp³-hybridized carbons (Fsp3) is 0.385. The smallest absolute Gasteiger partial charge is 0.313 e. The van der Waals surface area contributed by atoms with Crippen molar-refractivity contribution in [3.63, 3.8) is 0 Å². The topological polar surface area (TPSA) is 55.1 Å². The molecule has 1 aromatic heterocycles. The SMILES string of the molecule is CSCCCn1c(SCC(=O)O)nc2cc(Cl)c(F)cc21. The number of aromatic nitrogens is 2. The van der Waals surface area contributed by atoms with E-state index in [1.54, 1.807) is 11.8 Å². The van der Waals surface area contributed by atoms with Gasteiger partial charge in [0.1, 0.15) is 5.82 Å². The third-order valence-electron chi connectivity index (χ3n) is 2.81. The molecule has 0 aliphatic rings. The van der Waals surface area contributed by atoms with Crippen LogP contribution in [0.4, 0.5) is 4.39 Å². The van der Waals surface area contributed by atoms with Crippen molar-refractivity contribution in [1.29, 1.82) is 0 Å². The number of imidazole rings is 1. The molecule has 0 saturated carbocycles. The first kappa shape index (κ1) is 16.5. The highest BCUT2D eigenvalue weighted by atomic mass is 35.5. The van der Waals surface area contributed by atoms with E-state index in [2.05, 4.69) is 4.98 Å². The average molecular weight is 349 g/mol. The number of halogens is 2. The van der Waals surface area contributed by atoms with E-state index in [-0.39, 0.29) is 10.8 Å². The zero-order valence-corrected chi connectivity index (χ0v) is 13.7. The van der Waals surface area contributed by atoms with Crippen molar-refractivity contribution in [2.75, 3.05) is 17.8 Å². The lowest BCUT2D eigenvalue weighted by Gasteiger charge is -2.07. The van der Waals surface area contributed by atoms with Crippen LogP contribution in [0.2, 0.25) is 5.02 Å². The van der Waals surface area contributed by atoms with Gasteiger partial charge in [0, 0.05) is 12.6 Å². The van der Waals surface area contributed by atoms with Gasteiger partial charge in [-0.25, -0.2) is 9.37 Å². The molecule has 0 amide bonds. The van der Waals surface area contributed by atoms with E-state index in [0.717, 1.165) is 23.9 Å². The van der Waals surface area contributed by atoms with Crippen LogP contribution >= 0.6 is 35.1 Å². The molecule has 2 aromatic rings. The summed E-state index contributed by atoms with van der Waals surface area (Å²) in [6.07, 6.45) is 2.92. The third kappa shape index (κ3) is 4.05. The van der Waals surface area contributed by atoms with Crippen LogP contribution in [-0.2, 0) is 11.3 Å². The quantitative estimate of drug-likeness (QED) is 0.610. The van der Waals surface area contributed by atoms with Crippen LogP contribution in [0.3, 0.4) is 0 Å². The van der Waals surface area contributed by atoms with Crippen molar-refractivity contribution in [2.45, 2.75) is 18.1 Å². The molecule has 0 unspecified atom stereocenters. The molecular formula is C13H14ClFN2O2S2. The molecule has 0 atom stereocenters. The first-order valence-corrected chi connectivity index (χ1v) is 8.97. The molecule has 21 heavy (non-hydrogen) atoms. The number of aliphatic carboxylic acids is 1. The lowest BCUT2D eigenvalue weighted by atomic mass is 10.3. The second-order valence-electron chi connectivity index (χ2n) is 4.33. The summed E-state index contributed by atoms with van der Waals surface area (Å²) in [5.74, 6) is -0.516. The molecule has 114 valence electrons. The van der Waals surface area contributed by atoms with Gasteiger partial charge in [0.05, 0.1) is 21.8 Å².